The summed E-state index contributed by atoms with van der Waals surface area (Å²) >= 11 is 5.99. The van der Waals surface area contributed by atoms with Crippen molar-refractivity contribution in [1.29, 1.82) is 0 Å². The van der Waals surface area contributed by atoms with Crippen molar-refractivity contribution in [1.82, 2.24) is 9.80 Å². The van der Waals surface area contributed by atoms with Crippen LogP contribution in [-0.2, 0) is 9.53 Å². The van der Waals surface area contributed by atoms with Gasteiger partial charge in [-0.3, -0.25) is 9.69 Å². The van der Waals surface area contributed by atoms with Crippen molar-refractivity contribution >= 4 is 29.2 Å². The summed E-state index contributed by atoms with van der Waals surface area (Å²) in [5.41, 5.74) is 11.8. The lowest BCUT2D eigenvalue weighted by atomic mass is 10.1. The van der Waals surface area contributed by atoms with Gasteiger partial charge in [0.25, 0.3) is 0 Å². The third-order valence-electron chi connectivity index (χ3n) is 5.00. The maximum Gasteiger partial charge on any atom is 0.342 e. The molecular formula is C20H31ClN4O4. The fourth-order valence-corrected chi connectivity index (χ4v) is 3.38. The Morgan fingerprint density at radius 2 is 1.86 bits per heavy atom. The first-order valence-electron chi connectivity index (χ1n) is 9.96. The number of carbonyl (C=O) groups is 2. The predicted molar refractivity (Wildman–Crippen MR) is 113 cm³/mol. The van der Waals surface area contributed by atoms with Crippen LogP contribution >= 0.6 is 11.6 Å². The minimum atomic E-state index is -0.505. The minimum absolute atomic E-state index is 0.209. The van der Waals surface area contributed by atoms with Gasteiger partial charge in [0.15, 0.2) is 0 Å². The zero-order valence-electron chi connectivity index (χ0n) is 17.0. The van der Waals surface area contributed by atoms with Crippen molar-refractivity contribution < 1.29 is 19.1 Å². The van der Waals surface area contributed by atoms with E-state index in [2.05, 4.69) is 4.90 Å². The molecule has 1 aliphatic rings. The van der Waals surface area contributed by atoms with Crippen LogP contribution in [0.3, 0.4) is 0 Å². The zero-order chi connectivity index (χ0) is 21.2. The molecule has 1 aliphatic heterocycles. The van der Waals surface area contributed by atoms with E-state index in [1.807, 2.05) is 4.90 Å². The molecule has 1 heterocycles. The lowest BCUT2D eigenvalue weighted by molar-refractivity contribution is -0.133. The Labute approximate surface area is 177 Å². The van der Waals surface area contributed by atoms with Crippen molar-refractivity contribution in [2.75, 3.05) is 58.7 Å². The van der Waals surface area contributed by atoms with E-state index in [0.717, 1.165) is 32.4 Å². The van der Waals surface area contributed by atoms with Crippen molar-refractivity contribution in [2.45, 2.75) is 25.7 Å². The molecule has 0 aromatic heterocycles. The molecule has 8 nitrogen and oxygen atoms in total. The van der Waals surface area contributed by atoms with Gasteiger partial charge in [-0.1, -0.05) is 18.0 Å². The third-order valence-corrected chi connectivity index (χ3v) is 5.33. The van der Waals surface area contributed by atoms with Crippen molar-refractivity contribution in [3.8, 4) is 5.75 Å². The quantitative estimate of drug-likeness (QED) is 0.333. The summed E-state index contributed by atoms with van der Waals surface area (Å²) < 4.78 is 10.5. The van der Waals surface area contributed by atoms with Gasteiger partial charge < -0.3 is 25.8 Å². The van der Waals surface area contributed by atoms with Gasteiger partial charge in [0.2, 0.25) is 5.91 Å². The molecule has 0 atom stereocenters. The number of hydrogen-bond acceptors (Lipinski definition) is 7. The van der Waals surface area contributed by atoms with Gasteiger partial charge in [0.1, 0.15) is 17.9 Å². The highest BCUT2D eigenvalue weighted by Crippen LogP contribution is 2.29. The number of ether oxygens (including phenoxy) is 2. The maximum atomic E-state index is 12.3. The Morgan fingerprint density at radius 3 is 2.52 bits per heavy atom. The van der Waals surface area contributed by atoms with E-state index >= 15 is 0 Å². The number of esters is 1. The molecule has 0 spiro atoms. The fraction of sp³-hybridized carbons (Fsp3) is 0.600. The van der Waals surface area contributed by atoms with E-state index in [0.29, 0.717) is 44.0 Å². The van der Waals surface area contributed by atoms with Crippen LogP contribution in [0.1, 0.15) is 36.0 Å². The topological polar surface area (TPSA) is 111 Å². The Kier molecular flexibility index (Phi) is 9.50. The van der Waals surface area contributed by atoms with Crippen LogP contribution in [0.15, 0.2) is 12.1 Å². The second-order valence-corrected chi connectivity index (χ2v) is 7.44. The third kappa shape index (κ3) is 7.06. The van der Waals surface area contributed by atoms with Gasteiger partial charge in [-0.2, -0.15) is 0 Å². The van der Waals surface area contributed by atoms with Gasteiger partial charge >= 0.3 is 5.97 Å². The summed E-state index contributed by atoms with van der Waals surface area (Å²) in [4.78, 5) is 28.6. The zero-order valence-corrected chi connectivity index (χ0v) is 17.7. The number of hydrogen-bond donors (Lipinski definition) is 2. The fourth-order valence-electron chi connectivity index (χ4n) is 3.22. The minimum Gasteiger partial charge on any atom is -0.496 e. The number of nitrogen functional groups attached to an aromatic ring is 1. The molecule has 0 saturated carbocycles. The molecule has 1 saturated heterocycles. The normalized spacial score (nSPS) is 14.7. The van der Waals surface area contributed by atoms with E-state index in [4.69, 9.17) is 32.5 Å². The Bertz CT molecular complexity index is 693. The molecule has 0 aliphatic carbocycles. The van der Waals surface area contributed by atoms with Crippen molar-refractivity contribution in [3.63, 3.8) is 0 Å². The van der Waals surface area contributed by atoms with Crippen LogP contribution in [0.5, 0.6) is 5.75 Å². The SMILES string of the molecule is COc1cc(N)c(Cl)cc1C(=O)OCCN1CCN(C(=O)CCCCCN)CC1. The maximum absolute atomic E-state index is 12.3. The highest BCUT2D eigenvalue weighted by molar-refractivity contribution is 6.33. The van der Waals surface area contributed by atoms with Crippen LogP contribution in [0, 0.1) is 0 Å². The van der Waals surface area contributed by atoms with Crippen LogP contribution in [0.25, 0.3) is 0 Å². The number of methoxy groups -OCH3 is 1. The molecule has 162 valence electrons. The van der Waals surface area contributed by atoms with Crippen LogP contribution < -0.4 is 16.2 Å². The van der Waals surface area contributed by atoms with E-state index in [-0.39, 0.29) is 23.1 Å². The summed E-state index contributed by atoms with van der Waals surface area (Å²) in [6, 6.07) is 2.96. The van der Waals surface area contributed by atoms with Gasteiger partial charge in [-0.05, 0) is 25.5 Å². The molecule has 1 aromatic carbocycles. The number of unbranched alkanes of at least 4 members (excludes halogenated alkanes) is 2. The van der Waals surface area contributed by atoms with Crippen LogP contribution in [0.2, 0.25) is 5.02 Å². The van der Waals surface area contributed by atoms with Crippen molar-refractivity contribution in [3.05, 3.63) is 22.7 Å². The Hall–Kier alpha value is -2.03. The first-order chi connectivity index (χ1) is 14.0. The molecular weight excluding hydrogens is 396 g/mol. The number of piperazine rings is 1. The standard InChI is InChI=1S/C20H31ClN4O4/c1-28-18-14-17(23)16(21)13-15(18)20(27)29-12-11-24-7-9-25(10-8-24)19(26)5-3-2-4-6-22/h13-14H,2-12,22-23H2,1H3. The molecule has 1 amide bonds. The Balaban J connectivity index is 1.71. The summed E-state index contributed by atoms with van der Waals surface area (Å²) in [5, 5.41) is 0.279. The van der Waals surface area contributed by atoms with E-state index in [1.165, 1.54) is 19.2 Å². The van der Waals surface area contributed by atoms with Gasteiger partial charge in [0, 0.05) is 45.2 Å². The number of amides is 1. The number of carbonyl (C=O) groups excluding carboxylic acids is 2. The predicted octanol–water partition coefficient (Wildman–Crippen LogP) is 1.75. The largest absolute Gasteiger partial charge is 0.496 e. The van der Waals surface area contributed by atoms with Gasteiger partial charge in [-0.15, -0.1) is 0 Å². The number of nitrogens with zero attached hydrogens (tertiary/aromatic N) is 2. The number of rotatable bonds is 10. The summed E-state index contributed by atoms with van der Waals surface area (Å²) in [6.07, 6.45) is 3.44. The highest BCUT2D eigenvalue weighted by Gasteiger charge is 2.21. The average Bonchev–Trinajstić information content (AvgIpc) is 2.73. The first-order valence-corrected chi connectivity index (χ1v) is 10.3. The van der Waals surface area contributed by atoms with Crippen LogP contribution in [0.4, 0.5) is 5.69 Å². The molecule has 0 radical (unpaired) electrons. The lowest BCUT2D eigenvalue weighted by Crippen LogP contribution is -2.49. The van der Waals surface area contributed by atoms with E-state index < -0.39 is 5.97 Å². The van der Waals surface area contributed by atoms with Crippen LogP contribution in [-0.4, -0.2) is 74.7 Å². The molecule has 4 N–H and O–H groups in total. The second kappa shape index (κ2) is 11.8. The first kappa shape index (κ1) is 23.3. The molecule has 9 heteroatoms. The van der Waals surface area contributed by atoms with E-state index in [9.17, 15) is 9.59 Å². The summed E-state index contributed by atoms with van der Waals surface area (Å²) in [6.45, 7) is 4.46. The molecule has 29 heavy (non-hydrogen) atoms. The molecule has 1 aromatic rings. The summed E-state index contributed by atoms with van der Waals surface area (Å²) in [7, 11) is 1.46. The lowest BCUT2D eigenvalue weighted by Gasteiger charge is -2.34. The number of halogens is 1. The molecule has 2 rings (SSSR count). The average molecular weight is 427 g/mol. The summed E-state index contributed by atoms with van der Waals surface area (Å²) in [5.74, 6) is 0.0333. The molecule has 0 bridgehead atoms. The van der Waals surface area contributed by atoms with Gasteiger partial charge in [-0.25, -0.2) is 4.79 Å². The number of nitrogens with two attached hydrogens (primary N) is 2. The monoisotopic (exact) mass is 426 g/mol. The molecule has 0 unspecified atom stereocenters. The Morgan fingerprint density at radius 1 is 1.14 bits per heavy atom. The second-order valence-electron chi connectivity index (χ2n) is 7.03. The number of anilines is 1. The smallest absolute Gasteiger partial charge is 0.342 e. The van der Waals surface area contributed by atoms with Crippen molar-refractivity contribution in [2.24, 2.45) is 5.73 Å². The van der Waals surface area contributed by atoms with Gasteiger partial charge in [0.05, 0.1) is 17.8 Å². The highest BCUT2D eigenvalue weighted by atomic mass is 35.5. The molecule has 1 fully saturated rings. The number of benzene rings is 1. The van der Waals surface area contributed by atoms with E-state index in [1.54, 1.807) is 0 Å².